The zero-order chi connectivity index (χ0) is 26.8. The number of aromatic nitrogens is 2. The number of aryl methyl sites for hydroxylation is 2. The van der Waals surface area contributed by atoms with Crippen LogP contribution in [-0.4, -0.2) is 41.7 Å². The van der Waals surface area contributed by atoms with Crippen LogP contribution < -0.4 is 7.58 Å². The number of nitrogens with zero attached hydrogens (tertiary/aromatic N) is 2. The summed E-state index contributed by atoms with van der Waals surface area (Å²) in [7, 11) is 0. The van der Waals surface area contributed by atoms with Crippen LogP contribution in [0.1, 0.15) is 64.5 Å². The maximum absolute atomic E-state index is 6.01. The molecule has 0 saturated heterocycles. The summed E-state index contributed by atoms with van der Waals surface area (Å²) in [6.07, 6.45) is 0. The lowest BCUT2D eigenvalue weighted by atomic mass is 9.91. The number of benzene rings is 2. The minimum Gasteiger partial charge on any atom is -0.627 e. The number of hydrogen-bond acceptors (Lipinski definition) is 7. The van der Waals surface area contributed by atoms with Crippen molar-refractivity contribution in [2.24, 2.45) is 0 Å². The molecule has 0 atom stereocenters. The molecule has 0 aliphatic heterocycles. The summed E-state index contributed by atoms with van der Waals surface area (Å²) in [5, 5.41) is 0. The maximum atomic E-state index is 6.01. The predicted octanol–water partition coefficient (Wildman–Crippen LogP) is 6.75. The molecule has 2 radical (unpaired) electrons. The molecular formula is C28H32Al2N2O5. The molecule has 190 valence electrons. The Hall–Kier alpha value is -2.52. The van der Waals surface area contributed by atoms with Crippen molar-refractivity contribution in [1.29, 1.82) is 0 Å². The fraction of sp³-hybridized carbons (Fsp3) is 0.357. The molecule has 0 spiro atoms. The van der Waals surface area contributed by atoms with E-state index < -0.39 is 31.8 Å². The van der Waals surface area contributed by atoms with Crippen LogP contribution in [0.5, 0.6) is 11.5 Å². The SMILES string of the molecule is Cc1oc(-c2ccccc2[O][Al][O][Al][O]c2ccccc2-c2nc(C(C)(C)C)c(C)o2)nc1C(C)(C)C. The van der Waals surface area contributed by atoms with Crippen molar-refractivity contribution in [2.75, 3.05) is 0 Å². The number of hydrogen-bond donors (Lipinski definition) is 0. The van der Waals surface area contributed by atoms with E-state index in [1.54, 1.807) is 0 Å². The van der Waals surface area contributed by atoms with Crippen molar-refractivity contribution < 1.29 is 19.3 Å². The van der Waals surface area contributed by atoms with Crippen LogP contribution in [0.25, 0.3) is 22.9 Å². The molecule has 37 heavy (non-hydrogen) atoms. The van der Waals surface area contributed by atoms with E-state index in [0.29, 0.717) is 23.3 Å². The zero-order valence-corrected chi connectivity index (χ0v) is 25.0. The fourth-order valence-corrected chi connectivity index (χ4v) is 5.33. The lowest BCUT2D eigenvalue weighted by molar-refractivity contribution is 0.417. The monoisotopic (exact) mass is 530 g/mol. The smallest absolute Gasteiger partial charge is 0.627 e. The van der Waals surface area contributed by atoms with Gasteiger partial charge in [-0.05, 0) is 38.1 Å². The van der Waals surface area contributed by atoms with Crippen LogP contribution in [0.15, 0.2) is 57.4 Å². The normalized spacial score (nSPS) is 11.9. The largest absolute Gasteiger partial charge is 0.743 e. The molecule has 2 aromatic heterocycles. The molecule has 9 heteroatoms. The van der Waals surface area contributed by atoms with E-state index in [4.69, 9.17) is 29.2 Å². The van der Waals surface area contributed by atoms with Crippen LogP contribution in [0.4, 0.5) is 0 Å². The van der Waals surface area contributed by atoms with Gasteiger partial charge in [-0.2, -0.15) is 0 Å². The highest BCUT2D eigenvalue weighted by Crippen LogP contribution is 2.35. The highest BCUT2D eigenvalue weighted by Gasteiger charge is 2.25. The van der Waals surface area contributed by atoms with Gasteiger partial charge in [-0.15, -0.1) is 0 Å². The zero-order valence-electron chi connectivity index (χ0n) is 22.7. The summed E-state index contributed by atoms with van der Waals surface area (Å²) in [5.74, 6) is 4.06. The molecule has 2 aromatic carbocycles. The molecule has 4 aromatic rings. The van der Waals surface area contributed by atoms with Crippen LogP contribution in [0.2, 0.25) is 0 Å². The Morgan fingerprint density at radius 1 is 0.622 bits per heavy atom. The highest BCUT2D eigenvalue weighted by molar-refractivity contribution is 6.35. The number of rotatable bonds is 8. The maximum Gasteiger partial charge on any atom is 0.743 e. The summed E-state index contributed by atoms with van der Waals surface area (Å²) < 4.78 is 29.8. The molecule has 0 aliphatic rings. The first kappa shape index (κ1) is 27.5. The Morgan fingerprint density at radius 2 is 1.00 bits per heavy atom. The first-order valence-electron chi connectivity index (χ1n) is 12.2. The minimum atomic E-state index is -0.797. The fourth-order valence-electron chi connectivity index (χ4n) is 4.09. The second-order valence-electron chi connectivity index (χ2n) is 10.9. The molecule has 0 amide bonds. The van der Waals surface area contributed by atoms with Crippen molar-refractivity contribution in [3.63, 3.8) is 0 Å². The van der Waals surface area contributed by atoms with Crippen molar-refractivity contribution in [1.82, 2.24) is 9.97 Å². The third kappa shape index (κ3) is 6.50. The Balaban J connectivity index is 1.40. The van der Waals surface area contributed by atoms with Gasteiger partial charge in [-0.1, -0.05) is 65.8 Å². The molecule has 0 N–H and O–H groups in total. The summed E-state index contributed by atoms with van der Waals surface area (Å²) in [6.45, 7) is 16.6. The minimum absolute atomic E-state index is 0.106. The Labute approximate surface area is 232 Å². The van der Waals surface area contributed by atoms with E-state index in [1.807, 2.05) is 62.4 Å². The number of oxazole rings is 2. The molecule has 4 rings (SSSR count). The molecule has 0 bridgehead atoms. The van der Waals surface area contributed by atoms with Gasteiger partial charge in [0.2, 0.25) is 11.8 Å². The first-order chi connectivity index (χ1) is 17.4. The van der Waals surface area contributed by atoms with Gasteiger partial charge in [0.25, 0.3) is 0 Å². The quantitative estimate of drug-likeness (QED) is 0.184. The summed E-state index contributed by atoms with van der Waals surface area (Å²) >= 11 is -1.59. The summed E-state index contributed by atoms with van der Waals surface area (Å²) in [6, 6.07) is 15.4. The van der Waals surface area contributed by atoms with Gasteiger partial charge in [0.15, 0.2) is 0 Å². The summed E-state index contributed by atoms with van der Waals surface area (Å²) in [5.41, 5.74) is 3.26. The van der Waals surface area contributed by atoms with E-state index in [9.17, 15) is 0 Å². The molecule has 0 aliphatic carbocycles. The van der Waals surface area contributed by atoms with Crippen LogP contribution in [-0.2, 0) is 13.7 Å². The lowest BCUT2D eigenvalue weighted by Gasteiger charge is -2.15. The van der Waals surface area contributed by atoms with Crippen LogP contribution in [0, 0.1) is 13.8 Å². The van der Waals surface area contributed by atoms with Crippen LogP contribution >= 0.6 is 0 Å². The first-order valence-corrected chi connectivity index (χ1v) is 14.1. The molecular weight excluding hydrogens is 498 g/mol. The van der Waals surface area contributed by atoms with Gasteiger partial charge in [0.05, 0.1) is 34.0 Å². The van der Waals surface area contributed by atoms with Gasteiger partial charge >= 0.3 is 31.8 Å². The molecule has 0 fully saturated rings. The molecule has 2 heterocycles. The van der Waals surface area contributed by atoms with E-state index in [1.165, 1.54) is 0 Å². The Kier molecular flexibility index (Phi) is 8.24. The second-order valence-corrected chi connectivity index (χ2v) is 12.8. The van der Waals surface area contributed by atoms with E-state index in [0.717, 1.165) is 34.0 Å². The Morgan fingerprint density at radius 3 is 1.35 bits per heavy atom. The Bertz CT molecular complexity index is 1260. The van der Waals surface area contributed by atoms with E-state index in [2.05, 4.69) is 41.5 Å². The van der Waals surface area contributed by atoms with Crippen molar-refractivity contribution in [3.8, 4) is 34.4 Å². The van der Waals surface area contributed by atoms with Gasteiger partial charge in [-0.3, -0.25) is 0 Å². The number of para-hydroxylation sites is 2. The van der Waals surface area contributed by atoms with Crippen molar-refractivity contribution >= 4 is 31.8 Å². The third-order valence-corrected chi connectivity index (χ3v) is 7.30. The highest BCUT2D eigenvalue weighted by atomic mass is 27.3. The second kappa shape index (κ2) is 11.1. The molecule has 0 unspecified atom stereocenters. The van der Waals surface area contributed by atoms with Crippen molar-refractivity contribution in [2.45, 2.75) is 66.2 Å². The average Bonchev–Trinajstić information content (AvgIpc) is 3.42. The summed E-state index contributed by atoms with van der Waals surface area (Å²) in [4.78, 5) is 9.49. The van der Waals surface area contributed by atoms with Gasteiger partial charge in [0.1, 0.15) is 11.5 Å². The van der Waals surface area contributed by atoms with Gasteiger partial charge in [0, 0.05) is 10.8 Å². The van der Waals surface area contributed by atoms with Crippen LogP contribution in [0.3, 0.4) is 0 Å². The molecule has 0 saturated carbocycles. The van der Waals surface area contributed by atoms with E-state index in [-0.39, 0.29) is 10.8 Å². The predicted molar refractivity (Wildman–Crippen MR) is 145 cm³/mol. The van der Waals surface area contributed by atoms with Crippen molar-refractivity contribution in [3.05, 3.63) is 71.4 Å². The standard InChI is InChI=1S/2C14H17NO2.2Al.O/c2*1-9-12(14(2,3)4)15-13(17-9)10-7-5-6-8-11(10)16;;;/h2*5-8,16H,1-4H3;;;/q;;2*+1;/p-2. The van der Waals surface area contributed by atoms with Gasteiger partial charge in [-0.25, -0.2) is 9.97 Å². The average molecular weight is 531 g/mol. The topological polar surface area (TPSA) is 79.8 Å². The lowest BCUT2D eigenvalue weighted by Crippen LogP contribution is -2.16. The molecule has 7 nitrogen and oxygen atoms in total. The van der Waals surface area contributed by atoms with E-state index >= 15 is 0 Å². The third-order valence-electron chi connectivity index (χ3n) is 5.71. The van der Waals surface area contributed by atoms with Gasteiger partial charge < -0.3 is 19.3 Å².